The van der Waals surface area contributed by atoms with E-state index in [-0.39, 0.29) is 0 Å². The van der Waals surface area contributed by atoms with Crippen LogP contribution in [0.3, 0.4) is 0 Å². The lowest BCUT2D eigenvalue weighted by Gasteiger charge is -2.18. The highest BCUT2D eigenvalue weighted by molar-refractivity contribution is 6.31. The van der Waals surface area contributed by atoms with Crippen molar-refractivity contribution in [1.29, 1.82) is 0 Å². The lowest BCUT2D eigenvalue weighted by Crippen LogP contribution is -2.20. The summed E-state index contributed by atoms with van der Waals surface area (Å²) >= 11 is 6.05. The first-order chi connectivity index (χ1) is 7.19. The summed E-state index contributed by atoms with van der Waals surface area (Å²) in [6, 6.07) is 0. The Morgan fingerprint density at radius 3 is 2.53 bits per heavy atom. The summed E-state index contributed by atoms with van der Waals surface area (Å²) in [5.41, 5.74) is 2.34. The van der Waals surface area contributed by atoms with Gasteiger partial charge in [0.15, 0.2) is 0 Å². The standard InChI is InChI=1S/C12H19ClN2/c1-4-11(15-7-6-14-9-15)8-10(3)12(13)5-2/h4-5,8,14H,6-7,9H2,1-3H3/b10-8-,11-4+,12-5-. The highest BCUT2D eigenvalue weighted by Crippen LogP contribution is 2.18. The van der Waals surface area contributed by atoms with Crippen molar-refractivity contribution >= 4 is 11.6 Å². The van der Waals surface area contributed by atoms with Crippen molar-refractivity contribution in [3.8, 4) is 0 Å². The molecule has 1 fully saturated rings. The lowest BCUT2D eigenvalue weighted by molar-refractivity contribution is 0.433. The normalized spacial score (nSPS) is 20.0. The molecule has 0 bridgehead atoms. The number of nitrogens with zero attached hydrogens (tertiary/aromatic N) is 1. The molecule has 1 saturated heterocycles. The molecule has 0 aromatic heterocycles. The number of allylic oxidation sites excluding steroid dienone is 5. The average Bonchev–Trinajstić information content (AvgIpc) is 2.77. The predicted octanol–water partition coefficient (Wildman–Crippen LogP) is 2.84. The van der Waals surface area contributed by atoms with Crippen LogP contribution in [0.5, 0.6) is 0 Å². The van der Waals surface area contributed by atoms with Crippen LogP contribution in [0.15, 0.2) is 34.5 Å². The Kier molecular flexibility index (Phi) is 4.92. The second-order valence-corrected chi connectivity index (χ2v) is 4.01. The smallest absolute Gasteiger partial charge is 0.0683 e. The van der Waals surface area contributed by atoms with Crippen molar-refractivity contribution in [3.63, 3.8) is 0 Å². The van der Waals surface area contributed by atoms with Gasteiger partial charge >= 0.3 is 0 Å². The van der Waals surface area contributed by atoms with Gasteiger partial charge in [-0.25, -0.2) is 0 Å². The number of rotatable bonds is 3. The van der Waals surface area contributed by atoms with E-state index in [4.69, 9.17) is 11.6 Å². The van der Waals surface area contributed by atoms with Gasteiger partial charge < -0.3 is 4.90 Å². The first-order valence-corrected chi connectivity index (χ1v) is 5.69. The molecule has 0 spiro atoms. The van der Waals surface area contributed by atoms with Gasteiger partial charge in [0.1, 0.15) is 0 Å². The van der Waals surface area contributed by atoms with Crippen LogP contribution in [0, 0.1) is 0 Å². The summed E-state index contributed by atoms with van der Waals surface area (Å²) in [5, 5.41) is 4.13. The zero-order valence-corrected chi connectivity index (χ0v) is 10.4. The van der Waals surface area contributed by atoms with Crippen molar-refractivity contribution in [1.82, 2.24) is 10.2 Å². The number of hydrogen-bond donors (Lipinski definition) is 1. The molecule has 0 aliphatic carbocycles. The topological polar surface area (TPSA) is 15.3 Å². The highest BCUT2D eigenvalue weighted by atomic mass is 35.5. The molecule has 0 radical (unpaired) electrons. The van der Waals surface area contributed by atoms with E-state index in [9.17, 15) is 0 Å². The van der Waals surface area contributed by atoms with E-state index in [0.29, 0.717) is 0 Å². The van der Waals surface area contributed by atoms with Crippen LogP contribution in [0.4, 0.5) is 0 Å². The molecule has 1 aliphatic rings. The first-order valence-electron chi connectivity index (χ1n) is 5.31. The molecule has 1 rings (SSSR count). The molecule has 15 heavy (non-hydrogen) atoms. The summed E-state index contributed by atoms with van der Waals surface area (Å²) in [6.45, 7) is 9.10. The Balaban J connectivity index is 2.76. The van der Waals surface area contributed by atoms with Gasteiger partial charge in [-0.1, -0.05) is 23.8 Å². The molecule has 0 atom stereocenters. The van der Waals surface area contributed by atoms with Gasteiger partial charge in [-0.2, -0.15) is 0 Å². The van der Waals surface area contributed by atoms with E-state index in [2.05, 4.69) is 29.3 Å². The fourth-order valence-electron chi connectivity index (χ4n) is 1.60. The number of halogens is 1. The second-order valence-electron chi connectivity index (χ2n) is 3.60. The molecular weight excluding hydrogens is 208 g/mol. The summed E-state index contributed by atoms with van der Waals surface area (Å²) < 4.78 is 0. The minimum absolute atomic E-state index is 0.821. The van der Waals surface area contributed by atoms with Crippen molar-refractivity contribution in [2.75, 3.05) is 19.8 Å². The Labute approximate surface area is 97.3 Å². The largest absolute Gasteiger partial charge is 0.358 e. The van der Waals surface area contributed by atoms with Crippen molar-refractivity contribution in [3.05, 3.63) is 34.5 Å². The zero-order valence-electron chi connectivity index (χ0n) is 9.68. The van der Waals surface area contributed by atoms with Crippen molar-refractivity contribution in [2.45, 2.75) is 20.8 Å². The van der Waals surface area contributed by atoms with Crippen LogP contribution in [0.25, 0.3) is 0 Å². The van der Waals surface area contributed by atoms with Gasteiger partial charge in [0.2, 0.25) is 0 Å². The van der Waals surface area contributed by atoms with Crippen LogP contribution >= 0.6 is 11.6 Å². The van der Waals surface area contributed by atoms with Gasteiger partial charge in [-0.15, -0.1) is 0 Å². The molecule has 0 unspecified atom stereocenters. The van der Waals surface area contributed by atoms with Gasteiger partial charge in [-0.05, 0) is 32.4 Å². The Morgan fingerprint density at radius 1 is 1.33 bits per heavy atom. The molecule has 1 heterocycles. The Morgan fingerprint density at radius 2 is 2.07 bits per heavy atom. The SMILES string of the molecule is C/C=C(Cl)/C(C)=C\C(=C/C)N1CCNC1. The van der Waals surface area contributed by atoms with Crippen LogP contribution < -0.4 is 5.32 Å². The zero-order chi connectivity index (χ0) is 11.3. The molecule has 3 heteroatoms. The Hall–Kier alpha value is -0.730. The van der Waals surface area contributed by atoms with Crippen LogP contribution in [0.2, 0.25) is 0 Å². The predicted molar refractivity (Wildman–Crippen MR) is 66.7 cm³/mol. The molecular formula is C12H19ClN2. The molecule has 1 aliphatic heterocycles. The summed E-state index contributed by atoms with van der Waals surface area (Å²) in [5.74, 6) is 0. The quantitative estimate of drug-likeness (QED) is 0.745. The minimum atomic E-state index is 0.821. The van der Waals surface area contributed by atoms with E-state index in [1.54, 1.807) is 0 Å². The molecule has 1 N–H and O–H groups in total. The maximum atomic E-state index is 6.05. The maximum Gasteiger partial charge on any atom is 0.0683 e. The van der Waals surface area contributed by atoms with Crippen molar-refractivity contribution in [2.24, 2.45) is 0 Å². The number of hydrogen-bond acceptors (Lipinski definition) is 2. The van der Waals surface area contributed by atoms with Gasteiger partial charge in [0.05, 0.1) is 6.67 Å². The third kappa shape index (κ3) is 3.40. The lowest BCUT2D eigenvalue weighted by atomic mass is 10.2. The van der Waals surface area contributed by atoms with Gasteiger partial charge in [-0.3, -0.25) is 5.32 Å². The summed E-state index contributed by atoms with van der Waals surface area (Å²) in [4.78, 5) is 2.31. The fraction of sp³-hybridized carbons (Fsp3) is 0.500. The van der Waals surface area contributed by atoms with Crippen LogP contribution in [-0.4, -0.2) is 24.7 Å². The van der Waals surface area contributed by atoms with E-state index < -0.39 is 0 Å². The summed E-state index contributed by atoms with van der Waals surface area (Å²) in [6.07, 6.45) is 6.18. The minimum Gasteiger partial charge on any atom is -0.358 e. The Bertz CT molecular complexity index is 297. The molecule has 2 nitrogen and oxygen atoms in total. The average molecular weight is 227 g/mol. The second kappa shape index (κ2) is 5.99. The first kappa shape index (κ1) is 12.3. The molecule has 84 valence electrons. The third-order valence-electron chi connectivity index (χ3n) is 2.52. The van der Waals surface area contributed by atoms with Crippen LogP contribution in [-0.2, 0) is 0 Å². The molecule has 0 amide bonds. The maximum absolute atomic E-state index is 6.05. The molecule has 0 saturated carbocycles. The van der Waals surface area contributed by atoms with E-state index in [1.807, 2.05) is 19.9 Å². The van der Waals surface area contributed by atoms with E-state index >= 15 is 0 Å². The van der Waals surface area contributed by atoms with Crippen LogP contribution in [0.1, 0.15) is 20.8 Å². The highest BCUT2D eigenvalue weighted by Gasteiger charge is 2.11. The molecule has 0 aromatic rings. The van der Waals surface area contributed by atoms with E-state index in [0.717, 1.165) is 30.4 Å². The third-order valence-corrected chi connectivity index (χ3v) is 3.03. The summed E-state index contributed by atoms with van der Waals surface area (Å²) in [7, 11) is 0. The van der Waals surface area contributed by atoms with E-state index in [1.165, 1.54) is 5.70 Å². The van der Waals surface area contributed by atoms with Gasteiger partial charge in [0, 0.05) is 23.8 Å². The number of nitrogens with one attached hydrogen (secondary N) is 1. The molecule has 0 aromatic carbocycles. The van der Waals surface area contributed by atoms with Gasteiger partial charge in [0.25, 0.3) is 0 Å². The van der Waals surface area contributed by atoms with Crippen molar-refractivity contribution < 1.29 is 0 Å². The monoisotopic (exact) mass is 226 g/mol. The fourth-order valence-corrected chi connectivity index (χ4v) is 1.66.